The third kappa shape index (κ3) is 3.23. The topological polar surface area (TPSA) is 9.23 Å². The lowest BCUT2D eigenvalue weighted by Gasteiger charge is -2.28. The largest absolute Gasteiger partial charge is 0.368 e. The minimum atomic E-state index is -0.0740. The Morgan fingerprint density at radius 2 is 1.94 bits per heavy atom. The lowest BCUT2D eigenvalue weighted by atomic mass is 10.0. The molecule has 18 heavy (non-hydrogen) atoms. The lowest BCUT2D eigenvalue weighted by molar-refractivity contribution is -0.0464. The SMILES string of the molecule is CCCC(OC(C)(C)C)C1=Cc2ccccc2C1. The normalized spacial score (nSPS) is 16.3. The van der Waals surface area contributed by atoms with Crippen molar-refractivity contribution in [3.05, 3.63) is 41.0 Å². The molecule has 1 aliphatic carbocycles. The summed E-state index contributed by atoms with van der Waals surface area (Å²) in [6.07, 6.45) is 5.91. The maximum atomic E-state index is 6.23. The van der Waals surface area contributed by atoms with Crippen LogP contribution in [0.25, 0.3) is 6.08 Å². The first-order valence-electron chi connectivity index (χ1n) is 6.96. The van der Waals surface area contributed by atoms with Gasteiger partial charge < -0.3 is 4.74 Å². The summed E-state index contributed by atoms with van der Waals surface area (Å²) in [5, 5.41) is 0. The van der Waals surface area contributed by atoms with Gasteiger partial charge in [-0.2, -0.15) is 0 Å². The van der Waals surface area contributed by atoms with Crippen molar-refractivity contribution in [2.45, 2.75) is 58.7 Å². The first-order chi connectivity index (χ1) is 8.49. The number of benzene rings is 1. The zero-order valence-electron chi connectivity index (χ0n) is 12.0. The van der Waals surface area contributed by atoms with Crippen molar-refractivity contribution in [1.82, 2.24) is 0 Å². The summed E-state index contributed by atoms with van der Waals surface area (Å²) in [6, 6.07) is 8.65. The van der Waals surface area contributed by atoms with Crippen molar-refractivity contribution in [3.8, 4) is 0 Å². The molecule has 1 heteroatoms. The summed E-state index contributed by atoms with van der Waals surface area (Å²) in [6.45, 7) is 8.64. The second-order valence-corrected chi connectivity index (χ2v) is 6.10. The van der Waals surface area contributed by atoms with Crippen molar-refractivity contribution in [3.63, 3.8) is 0 Å². The molecule has 0 bridgehead atoms. The van der Waals surface area contributed by atoms with E-state index in [0.29, 0.717) is 0 Å². The highest BCUT2D eigenvalue weighted by molar-refractivity contribution is 5.64. The van der Waals surface area contributed by atoms with Crippen LogP contribution in [0.5, 0.6) is 0 Å². The fraction of sp³-hybridized carbons (Fsp3) is 0.529. The Balaban J connectivity index is 2.15. The molecule has 0 fully saturated rings. The van der Waals surface area contributed by atoms with Gasteiger partial charge in [0.15, 0.2) is 0 Å². The van der Waals surface area contributed by atoms with Crippen LogP contribution in [-0.4, -0.2) is 11.7 Å². The molecular weight excluding hydrogens is 220 g/mol. The van der Waals surface area contributed by atoms with Crippen LogP contribution in [0.3, 0.4) is 0 Å². The van der Waals surface area contributed by atoms with Crippen molar-refractivity contribution < 1.29 is 4.74 Å². The monoisotopic (exact) mass is 244 g/mol. The highest BCUT2D eigenvalue weighted by atomic mass is 16.5. The molecule has 0 aliphatic heterocycles. The van der Waals surface area contributed by atoms with Gasteiger partial charge in [-0.15, -0.1) is 0 Å². The highest BCUT2D eigenvalue weighted by Crippen LogP contribution is 2.31. The molecule has 0 saturated heterocycles. The molecule has 1 nitrogen and oxygen atoms in total. The highest BCUT2D eigenvalue weighted by Gasteiger charge is 2.24. The third-order valence-corrected chi connectivity index (χ3v) is 3.25. The average molecular weight is 244 g/mol. The van der Waals surface area contributed by atoms with Gasteiger partial charge in [0.1, 0.15) is 0 Å². The lowest BCUT2D eigenvalue weighted by Crippen LogP contribution is -2.28. The molecule has 0 amide bonds. The molecule has 1 atom stereocenters. The van der Waals surface area contributed by atoms with Gasteiger partial charge in [-0.3, -0.25) is 0 Å². The van der Waals surface area contributed by atoms with Gasteiger partial charge in [0.2, 0.25) is 0 Å². The zero-order chi connectivity index (χ0) is 13.2. The Hall–Kier alpha value is -1.08. The van der Waals surface area contributed by atoms with Gasteiger partial charge >= 0.3 is 0 Å². The van der Waals surface area contributed by atoms with Gasteiger partial charge in [0.25, 0.3) is 0 Å². The molecule has 1 aliphatic rings. The van der Waals surface area contributed by atoms with Gasteiger partial charge in [-0.05, 0) is 50.3 Å². The van der Waals surface area contributed by atoms with Gasteiger partial charge in [0, 0.05) is 0 Å². The maximum Gasteiger partial charge on any atom is 0.0798 e. The van der Waals surface area contributed by atoms with Crippen LogP contribution in [0.1, 0.15) is 51.7 Å². The van der Waals surface area contributed by atoms with E-state index in [1.807, 2.05) is 0 Å². The smallest absolute Gasteiger partial charge is 0.0798 e. The molecule has 1 aromatic rings. The Morgan fingerprint density at radius 1 is 1.22 bits per heavy atom. The predicted octanol–water partition coefficient (Wildman–Crippen LogP) is 4.61. The molecule has 98 valence electrons. The van der Waals surface area contributed by atoms with E-state index in [9.17, 15) is 0 Å². The number of ether oxygens (including phenoxy) is 1. The van der Waals surface area contributed by atoms with E-state index in [1.54, 1.807) is 0 Å². The maximum absolute atomic E-state index is 6.23. The Morgan fingerprint density at radius 3 is 2.56 bits per heavy atom. The van der Waals surface area contributed by atoms with Crippen molar-refractivity contribution in [2.75, 3.05) is 0 Å². The van der Waals surface area contributed by atoms with Crippen LogP contribution in [0.15, 0.2) is 29.8 Å². The summed E-state index contributed by atoms with van der Waals surface area (Å²) in [7, 11) is 0. The first-order valence-corrected chi connectivity index (χ1v) is 6.96. The summed E-state index contributed by atoms with van der Waals surface area (Å²) in [5.74, 6) is 0. The van der Waals surface area contributed by atoms with Crippen LogP contribution in [-0.2, 0) is 11.2 Å². The van der Waals surface area contributed by atoms with Crippen molar-refractivity contribution in [1.29, 1.82) is 0 Å². The summed E-state index contributed by atoms with van der Waals surface area (Å²) >= 11 is 0. The Labute approximate surface area is 111 Å². The molecule has 0 aromatic heterocycles. The van der Waals surface area contributed by atoms with Gasteiger partial charge in [-0.25, -0.2) is 0 Å². The molecule has 0 heterocycles. The summed E-state index contributed by atoms with van der Waals surface area (Å²) in [4.78, 5) is 0. The second-order valence-electron chi connectivity index (χ2n) is 6.10. The van der Waals surface area contributed by atoms with Crippen molar-refractivity contribution in [2.24, 2.45) is 0 Å². The van der Waals surface area contributed by atoms with Crippen LogP contribution in [0, 0.1) is 0 Å². The average Bonchev–Trinajstić information content (AvgIpc) is 2.70. The third-order valence-electron chi connectivity index (χ3n) is 3.25. The van der Waals surface area contributed by atoms with E-state index >= 15 is 0 Å². The molecule has 0 saturated carbocycles. The fourth-order valence-corrected chi connectivity index (χ4v) is 2.52. The van der Waals surface area contributed by atoms with E-state index in [-0.39, 0.29) is 11.7 Å². The van der Waals surface area contributed by atoms with Gasteiger partial charge in [-0.1, -0.05) is 43.7 Å². The molecule has 2 rings (SSSR count). The van der Waals surface area contributed by atoms with Crippen LogP contribution in [0.4, 0.5) is 0 Å². The van der Waals surface area contributed by atoms with Crippen LogP contribution >= 0.6 is 0 Å². The second kappa shape index (κ2) is 5.27. The molecule has 0 spiro atoms. The number of hydrogen-bond acceptors (Lipinski definition) is 1. The fourth-order valence-electron chi connectivity index (χ4n) is 2.52. The van der Waals surface area contributed by atoms with E-state index < -0.39 is 0 Å². The minimum absolute atomic E-state index is 0.0740. The van der Waals surface area contributed by atoms with Gasteiger partial charge in [0.05, 0.1) is 11.7 Å². The van der Waals surface area contributed by atoms with E-state index in [0.717, 1.165) is 19.3 Å². The molecule has 1 aromatic carbocycles. The Bertz CT molecular complexity index is 437. The standard InChI is InChI=1S/C17H24O/c1-5-8-16(18-17(2,3)4)15-11-13-9-6-7-10-14(13)12-15/h6-7,9-11,16H,5,8,12H2,1-4H3. The zero-order valence-corrected chi connectivity index (χ0v) is 12.0. The van der Waals surface area contributed by atoms with E-state index in [1.165, 1.54) is 16.7 Å². The molecule has 0 N–H and O–H groups in total. The summed E-state index contributed by atoms with van der Waals surface area (Å²) in [5.41, 5.74) is 4.17. The Kier molecular flexibility index (Phi) is 3.91. The minimum Gasteiger partial charge on any atom is -0.368 e. The van der Waals surface area contributed by atoms with Crippen LogP contribution < -0.4 is 0 Å². The molecule has 1 unspecified atom stereocenters. The van der Waals surface area contributed by atoms with E-state index in [2.05, 4.69) is 58.0 Å². The van der Waals surface area contributed by atoms with Crippen molar-refractivity contribution >= 4 is 6.08 Å². The van der Waals surface area contributed by atoms with Crippen LogP contribution in [0.2, 0.25) is 0 Å². The quantitative estimate of drug-likeness (QED) is 0.751. The number of fused-ring (bicyclic) bond motifs is 1. The number of rotatable bonds is 4. The first kappa shape index (κ1) is 13.4. The van der Waals surface area contributed by atoms with E-state index in [4.69, 9.17) is 4.74 Å². The number of hydrogen-bond donors (Lipinski definition) is 0. The summed E-state index contributed by atoms with van der Waals surface area (Å²) < 4.78 is 6.23. The molecule has 0 radical (unpaired) electrons. The predicted molar refractivity (Wildman–Crippen MR) is 77.7 cm³/mol. The molecular formula is C17H24O.